The third kappa shape index (κ3) is 3.41. The van der Waals surface area contributed by atoms with E-state index in [9.17, 15) is 9.18 Å². The van der Waals surface area contributed by atoms with Crippen LogP contribution in [0.2, 0.25) is 0 Å². The van der Waals surface area contributed by atoms with Gasteiger partial charge in [-0.1, -0.05) is 31.2 Å². The highest BCUT2D eigenvalue weighted by molar-refractivity contribution is 5.94. The molecule has 0 spiro atoms. The summed E-state index contributed by atoms with van der Waals surface area (Å²) in [5, 5.41) is 2.85. The molecule has 0 aromatic heterocycles. The van der Waals surface area contributed by atoms with E-state index in [0.29, 0.717) is 12.1 Å². The molecule has 2 aromatic rings. The lowest BCUT2D eigenvalue weighted by Gasteiger charge is -2.09. The molecule has 0 aliphatic carbocycles. The van der Waals surface area contributed by atoms with E-state index in [1.54, 1.807) is 0 Å². The van der Waals surface area contributed by atoms with Crippen LogP contribution in [-0.2, 0) is 13.0 Å². The van der Waals surface area contributed by atoms with Gasteiger partial charge in [-0.3, -0.25) is 4.79 Å². The maximum atomic E-state index is 12.8. The molecule has 0 aliphatic heterocycles. The van der Waals surface area contributed by atoms with Gasteiger partial charge >= 0.3 is 0 Å². The van der Waals surface area contributed by atoms with Crippen LogP contribution in [0.15, 0.2) is 48.5 Å². The molecule has 1 amide bonds. The molecular weight excluding hydrogens is 241 g/mol. The zero-order chi connectivity index (χ0) is 13.7. The number of carbonyl (C=O) groups is 1. The minimum absolute atomic E-state index is 0.189. The highest BCUT2D eigenvalue weighted by Gasteiger charge is 2.06. The second kappa shape index (κ2) is 6.14. The molecule has 0 saturated carbocycles. The Morgan fingerprint density at radius 2 is 1.68 bits per heavy atom. The summed E-state index contributed by atoms with van der Waals surface area (Å²) in [7, 11) is 0. The van der Waals surface area contributed by atoms with E-state index in [4.69, 9.17) is 0 Å². The van der Waals surface area contributed by atoms with Crippen molar-refractivity contribution in [2.24, 2.45) is 0 Å². The predicted molar refractivity (Wildman–Crippen MR) is 73.4 cm³/mol. The third-order valence-corrected chi connectivity index (χ3v) is 3.05. The second-order valence-corrected chi connectivity index (χ2v) is 4.31. The minimum Gasteiger partial charge on any atom is -0.348 e. The van der Waals surface area contributed by atoms with Crippen molar-refractivity contribution in [1.29, 1.82) is 0 Å². The highest BCUT2D eigenvalue weighted by Crippen LogP contribution is 2.09. The normalized spacial score (nSPS) is 10.2. The number of nitrogens with one attached hydrogen (secondary N) is 1. The fourth-order valence-electron chi connectivity index (χ4n) is 1.95. The van der Waals surface area contributed by atoms with Gasteiger partial charge < -0.3 is 5.32 Å². The lowest BCUT2D eigenvalue weighted by atomic mass is 10.1. The summed E-state index contributed by atoms with van der Waals surface area (Å²) in [5.41, 5.74) is 2.80. The van der Waals surface area contributed by atoms with Gasteiger partial charge in [0.1, 0.15) is 5.82 Å². The average Bonchev–Trinajstić information content (AvgIpc) is 2.45. The standard InChI is InChI=1S/C16H16FNO/c1-2-12-5-3-4-6-14(12)11-18-16(19)13-7-9-15(17)10-8-13/h3-10H,2,11H2,1H3,(H,18,19). The molecule has 0 unspecified atom stereocenters. The van der Waals surface area contributed by atoms with Crippen LogP contribution in [0.4, 0.5) is 4.39 Å². The van der Waals surface area contributed by atoms with Gasteiger partial charge in [-0.05, 0) is 41.8 Å². The van der Waals surface area contributed by atoms with E-state index < -0.39 is 0 Å². The lowest BCUT2D eigenvalue weighted by molar-refractivity contribution is 0.0951. The first kappa shape index (κ1) is 13.3. The van der Waals surface area contributed by atoms with Crippen molar-refractivity contribution in [3.8, 4) is 0 Å². The number of hydrogen-bond acceptors (Lipinski definition) is 1. The second-order valence-electron chi connectivity index (χ2n) is 4.31. The first-order valence-electron chi connectivity index (χ1n) is 6.31. The molecule has 1 N–H and O–H groups in total. The van der Waals surface area contributed by atoms with Crippen molar-refractivity contribution in [2.45, 2.75) is 19.9 Å². The molecule has 2 aromatic carbocycles. The van der Waals surface area contributed by atoms with Crippen LogP contribution in [0.25, 0.3) is 0 Å². The van der Waals surface area contributed by atoms with Crippen molar-refractivity contribution in [3.05, 3.63) is 71.0 Å². The van der Waals surface area contributed by atoms with Crippen LogP contribution >= 0.6 is 0 Å². The Bertz CT molecular complexity index is 563. The molecule has 3 heteroatoms. The molecular formula is C16H16FNO. The molecule has 0 atom stereocenters. The number of benzene rings is 2. The van der Waals surface area contributed by atoms with Crippen molar-refractivity contribution < 1.29 is 9.18 Å². The fourth-order valence-corrected chi connectivity index (χ4v) is 1.95. The SMILES string of the molecule is CCc1ccccc1CNC(=O)c1ccc(F)cc1. The van der Waals surface area contributed by atoms with Gasteiger partial charge in [0.2, 0.25) is 0 Å². The molecule has 0 bridgehead atoms. The van der Waals surface area contributed by atoms with E-state index >= 15 is 0 Å². The molecule has 2 rings (SSSR count). The summed E-state index contributed by atoms with van der Waals surface area (Å²) in [6, 6.07) is 13.5. The zero-order valence-electron chi connectivity index (χ0n) is 10.8. The van der Waals surface area contributed by atoms with Crippen molar-refractivity contribution in [3.63, 3.8) is 0 Å². The number of amides is 1. The molecule has 0 aliphatic rings. The molecule has 0 radical (unpaired) electrons. The van der Waals surface area contributed by atoms with Crippen molar-refractivity contribution in [2.75, 3.05) is 0 Å². The molecule has 0 fully saturated rings. The Labute approximate surface area is 112 Å². The Kier molecular flexibility index (Phi) is 4.29. The van der Waals surface area contributed by atoms with Gasteiger partial charge in [0.05, 0.1) is 0 Å². The molecule has 0 heterocycles. The maximum absolute atomic E-state index is 12.8. The van der Waals surface area contributed by atoms with E-state index in [0.717, 1.165) is 12.0 Å². The number of rotatable bonds is 4. The van der Waals surface area contributed by atoms with Gasteiger partial charge in [-0.15, -0.1) is 0 Å². The summed E-state index contributed by atoms with van der Waals surface area (Å²) in [6.45, 7) is 2.57. The highest BCUT2D eigenvalue weighted by atomic mass is 19.1. The van der Waals surface area contributed by atoms with Gasteiger partial charge in [0, 0.05) is 12.1 Å². The quantitative estimate of drug-likeness (QED) is 0.894. The summed E-state index contributed by atoms with van der Waals surface area (Å²) in [4.78, 5) is 11.9. The van der Waals surface area contributed by atoms with E-state index in [1.165, 1.54) is 29.8 Å². The smallest absolute Gasteiger partial charge is 0.251 e. The zero-order valence-corrected chi connectivity index (χ0v) is 10.8. The number of aryl methyl sites for hydroxylation is 1. The minimum atomic E-state index is -0.340. The Balaban J connectivity index is 2.02. The average molecular weight is 257 g/mol. The topological polar surface area (TPSA) is 29.1 Å². The van der Waals surface area contributed by atoms with Crippen LogP contribution in [0, 0.1) is 5.82 Å². The Morgan fingerprint density at radius 3 is 2.32 bits per heavy atom. The lowest BCUT2D eigenvalue weighted by Crippen LogP contribution is -2.23. The Hall–Kier alpha value is -2.16. The summed E-state index contributed by atoms with van der Waals surface area (Å²) in [5.74, 6) is -0.529. The Morgan fingerprint density at radius 1 is 1.05 bits per heavy atom. The fraction of sp³-hybridized carbons (Fsp3) is 0.188. The van der Waals surface area contributed by atoms with Gasteiger partial charge in [-0.25, -0.2) is 4.39 Å². The monoisotopic (exact) mass is 257 g/mol. The van der Waals surface area contributed by atoms with Crippen LogP contribution in [-0.4, -0.2) is 5.91 Å². The van der Waals surface area contributed by atoms with E-state index in [2.05, 4.69) is 18.3 Å². The number of hydrogen-bond donors (Lipinski definition) is 1. The van der Waals surface area contributed by atoms with Gasteiger partial charge in [-0.2, -0.15) is 0 Å². The van der Waals surface area contributed by atoms with Gasteiger partial charge in [0.15, 0.2) is 0 Å². The van der Waals surface area contributed by atoms with E-state index in [1.807, 2.05) is 18.2 Å². The van der Waals surface area contributed by atoms with E-state index in [-0.39, 0.29) is 11.7 Å². The van der Waals surface area contributed by atoms with Crippen LogP contribution in [0.5, 0.6) is 0 Å². The van der Waals surface area contributed by atoms with Crippen LogP contribution in [0.1, 0.15) is 28.4 Å². The summed E-state index contributed by atoms with van der Waals surface area (Å²) >= 11 is 0. The first-order chi connectivity index (χ1) is 9.20. The van der Waals surface area contributed by atoms with Crippen molar-refractivity contribution in [1.82, 2.24) is 5.32 Å². The van der Waals surface area contributed by atoms with Crippen LogP contribution < -0.4 is 5.32 Å². The largest absolute Gasteiger partial charge is 0.348 e. The first-order valence-corrected chi connectivity index (χ1v) is 6.31. The predicted octanol–water partition coefficient (Wildman–Crippen LogP) is 3.32. The molecule has 2 nitrogen and oxygen atoms in total. The molecule has 19 heavy (non-hydrogen) atoms. The van der Waals surface area contributed by atoms with Crippen LogP contribution in [0.3, 0.4) is 0 Å². The van der Waals surface area contributed by atoms with Gasteiger partial charge in [0.25, 0.3) is 5.91 Å². The van der Waals surface area contributed by atoms with Crippen molar-refractivity contribution >= 4 is 5.91 Å². The summed E-state index contributed by atoms with van der Waals surface area (Å²) < 4.78 is 12.8. The number of halogens is 1. The molecule has 0 saturated heterocycles. The maximum Gasteiger partial charge on any atom is 0.251 e. The number of carbonyl (C=O) groups excluding carboxylic acids is 1. The summed E-state index contributed by atoms with van der Waals surface area (Å²) in [6.07, 6.45) is 0.933. The molecule has 98 valence electrons. The third-order valence-electron chi connectivity index (χ3n) is 3.05.